The van der Waals surface area contributed by atoms with E-state index in [-0.39, 0.29) is 30.2 Å². The lowest BCUT2D eigenvalue weighted by Gasteiger charge is -2.18. The molecule has 1 unspecified atom stereocenters. The average Bonchev–Trinajstić information content (AvgIpc) is 3.59. The number of ether oxygens (including phenoxy) is 3. The first-order chi connectivity index (χ1) is 17.9. The lowest BCUT2D eigenvalue weighted by molar-refractivity contribution is -0.154. The van der Waals surface area contributed by atoms with Crippen LogP contribution in [0.4, 0.5) is 0 Å². The van der Waals surface area contributed by atoms with Gasteiger partial charge in [-0.2, -0.15) is 0 Å². The normalized spacial score (nSPS) is 14.6. The Morgan fingerprint density at radius 2 is 1.89 bits per heavy atom. The SMILES string of the molecule is COc1cc(-n2cnc3cc(-c4ccc(Cl)cc4)sc3c2=O)ccc1OCC(C)OC(=O)C1CCCC1. The highest BCUT2D eigenvalue weighted by Crippen LogP contribution is 2.33. The third kappa shape index (κ3) is 5.50. The Labute approximate surface area is 223 Å². The number of hydrogen-bond acceptors (Lipinski definition) is 7. The predicted molar refractivity (Wildman–Crippen MR) is 145 cm³/mol. The van der Waals surface area contributed by atoms with Crippen molar-refractivity contribution in [2.75, 3.05) is 13.7 Å². The van der Waals surface area contributed by atoms with Crippen LogP contribution in [0.1, 0.15) is 32.6 Å². The first kappa shape index (κ1) is 25.3. The number of nitrogens with zero attached hydrogens (tertiary/aromatic N) is 2. The first-order valence-corrected chi connectivity index (χ1v) is 13.4. The van der Waals surface area contributed by atoms with Gasteiger partial charge in [-0.3, -0.25) is 14.2 Å². The minimum atomic E-state index is -0.389. The molecule has 2 aromatic carbocycles. The second-order valence-electron chi connectivity index (χ2n) is 9.13. The van der Waals surface area contributed by atoms with Gasteiger partial charge in [0.05, 0.1) is 24.2 Å². The van der Waals surface area contributed by atoms with Crippen molar-refractivity contribution in [2.24, 2.45) is 5.92 Å². The molecule has 1 fully saturated rings. The van der Waals surface area contributed by atoms with Gasteiger partial charge in [-0.05, 0) is 55.7 Å². The molecule has 5 rings (SSSR count). The zero-order valence-electron chi connectivity index (χ0n) is 20.6. The van der Waals surface area contributed by atoms with Crippen LogP contribution in [0.2, 0.25) is 5.02 Å². The molecule has 0 amide bonds. The summed E-state index contributed by atoms with van der Waals surface area (Å²) >= 11 is 7.40. The highest BCUT2D eigenvalue weighted by atomic mass is 35.5. The highest BCUT2D eigenvalue weighted by Gasteiger charge is 2.25. The Hall–Kier alpha value is -3.36. The van der Waals surface area contributed by atoms with Crippen LogP contribution >= 0.6 is 22.9 Å². The van der Waals surface area contributed by atoms with Gasteiger partial charge in [-0.15, -0.1) is 11.3 Å². The summed E-state index contributed by atoms with van der Waals surface area (Å²) in [5.41, 5.74) is 2.05. The average molecular weight is 539 g/mol. The quantitative estimate of drug-likeness (QED) is 0.246. The van der Waals surface area contributed by atoms with E-state index in [9.17, 15) is 9.59 Å². The lowest BCUT2D eigenvalue weighted by Crippen LogP contribution is -2.25. The number of fused-ring (bicyclic) bond motifs is 1. The van der Waals surface area contributed by atoms with Gasteiger partial charge in [0.2, 0.25) is 0 Å². The van der Waals surface area contributed by atoms with Crippen molar-refractivity contribution in [3.63, 3.8) is 0 Å². The van der Waals surface area contributed by atoms with E-state index in [0.717, 1.165) is 36.1 Å². The van der Waals surface area contributed by atoms with Crippen molar-refractivity contribution in [1.82, 2.24) is 9.55 Å². The molecule has 2 heterocycles. The fraction of sp³-hybridized carbons (Fsp3) is 0.321. The molecule has 1 aliphatic carbocycles. The minimum absolute atomic E-state index is 0.00569. The van der Waals surface area contributed by atoms with Crippen LogP contribution in [0, 0.1) is 5.92 Å². The van der Waals surface area contributed by atoms with Crippen molar-refractivity contribution in [3.05, 3.63) is 70.2 Å². The van der Waals surface area contributed by atoms with Gasteiger partial charge in [0, 0.05) is 16.0 Å². The van der Waals surface area contributed by atoms with Crippen LogP contribution in [0.25, 0.3) is 26.3 Å². The first-order valence-electron chi connectivity index (χ1n) is 12.2. The Kier molecular flexibility index (Phi) is 7.48. The van der Waals surface area contributed by atoms with Crippen molar-refractivity contribution in [1.29, 1.82) is 0 Å². The van der Waals surface area contributed by atoms with Crippen LogP contribution in [-0.4, -0.2) is 35.3 Å². The van der Waals surface area contributed by atoms with Crippen molar-refractivity contribution in [3.8, 4) is 27.6 Å². The van der Waals surface area contributed by atoms with Gasteiger partial charge >= 0.3 is 5.97 Å². The van der Waals surface area contributed by atoms with Crippen LogP contribution in [0.3, 0.4) is 0 Å². The molecule has 1 saturated carbocycles. The molecule has 0 radical (unpaired) electrons. The third-order valence-electron chi connectivity index (χ3n) is 6.47. The number of carbonyl (C=O) groups excluding carboxylic acids is 1. The molecule has 0 bridgehead atoms. The number of thiophene rings is 1. The number of halogens is 1. The van der Waals surface area contributed by atoms with E-state index in [1.54, 1.807) is 18.2 Å². The number of methoxy groups -OCH3 is 1. The predicted octanol–water partition coefficient (Wildman–Crippen LogP) is 6.28. The molecule has 0 saturated heterocycles. The monoisotopic (exact) mass is 538 g/mol. The van der Waals surface area contributed by atoms with Crippen molar-refractivity contribution < 1.29 is 19.0 Å². The summed E-state index contributed by atoms with van der Waals surface area (Å²) in [6, 6.07) is 14.6. The van der Waals surface area contributed by atoms with Gasteiger partial charge in [0.1, 0.15) is 23.7 Å². The van der Waals surface area contributed by atoms with Gasteiger partial charge in [0.25, 0.3) is 5.56 Å². The zero-order chi connectivity index (χ0) is 25.9. The Morgan fingerprint density at radius 3 is 2.62 bits per heavy atom. The van der Waals surface area contributed by atoms with Gasteiger partial charge in [-0.1, -0.05) is 36.6 Å². The smallest absolute Gasteiger partial charge is 0.309 e. The van der Waals surface area contributed by atoms with Crippen LogP contribution in [-0.2, 0) is 9.53 Å². The Bertz CT molecular complexity index is 1470. The molecule has 7 nitrogen and oxygen atoms in total. The van der Waals surface area contributed by atoms with E-state index >= 15 is 0 Å². The molecule has 4 aromatic rings. The summed E-state index contributed by atoms with van der Waals surface area (Å²) in [6.45, 7) is 2.01. The van der Waals surface area contributed by atoms with E-state index in [2.05, 4.69) is 4.98 Å². The number of carbonyl (C=O) groups is 1. The minimum Gasteiger partial charge on any atom is -0.493 e. The maximum atomic E-state index is 13.3. The molecule has 0 aliphatic heterocycles. The standard InChI is InChI=1S/C28H27ClN2O5S/c1-17(36-28(33)19-5-3-4-6-19)15-35-23-12-11-21(13-24(23)34-2)31-16-30-22-14-25(37-26(22)27(31)32)18-7-9-20(29)10-8-18/h7-14,16-17,19H,3-6,15H2,1-2H3. The molecule has 9 heteroatoms. The second kappa shape index (κ2) is 10.9. The van der Waals surface area contributed by atoms with E-state index in [1.165, 1.54) is 29.3 Å². The van der Waals surface area contributed by atoms with Crippen molar-refractivity contribution in [2.45, 2.75) is 38.7 Å². The summed E-state index contributed by atoms with van der Waals surface area (Å²) in [7, 11) is 1.54. The number of esters is 1. The molecule has 1 aliphatic rings. The topological polar surface area (TPSA) is 79.7 Å². The molecular formula is C28H27ClN2O5S. The number of benzene rings is 2. The van der Waals surface area contributed by atoms with Gasteiger partial charge in [-0.25, -0.2) is 4.98 Å². The number of hydrogen-bond donors (Lipinski definition) is 0. The van der Waals surface area contributed by atoms with Crippen LogP contribution in [0.15, 0.2) is 59.7 Å². The van der Waals surface area contributed by atoms with Crippen molar-refractivity contribution >= 4 is 39.1 Å². The number of aromatic nitrogens is 2. The highest BCUT2D eigenvalue weighted by molar-refractivity contribution is 7.22. The fourth-order valence-corrected chi connectivity index (χ4v) is 5.65. The van der Waals surface area contributed by atoms with Gasteiger partial charge in [0.15, 0.2) is 11.5 Å². The summed E-state index contributed by atoms with van der Waals surface area (Å²) < 4.78 is 19.0. The molecule has 0 spiro atoms. The maximum Gasteiger partial charge on any atom is 0.309 e. The molecule has 192 valence electrons. The van der Waals surface area contributed by atoms with E-state index in [0.29, 0.717) is 32.4 Å². The van der Waals surface area contributed by atoms with Crippen LogP contribution in [0.5, 0.6) is 11.5 Å². The lowest BCUT2D eigenvalue weighted by atomic mass is 10.1. The second-order valence-corrected chi connectivity index (χ2v) is 10.6. The summed E-state index contributed by atoms with van der Waals surface area (Å²) in [6.07, 6.45) is 5.08. The maximum absolute atomic E-state index is 13.3. The Morgan fingerprint density at radius 1 is 1.14 bits per heavy atom. The molecular weight excluding hydrogens is 512 g/mol. The van der Waals surface area contributed by atoms with E-state index < -0.39 is 0 Å². The summed E-state index contributed by atoms with van der Waals surface area (Å²) in [5.74, 6) is 0.822. The molecule has 2 aromatic heterocycles. The largest absolute Gasteiger partial charge is 0.493 e. The van der Waals surface area contributed by atoms with Gasteiger partial charge < -0.3 is 14.2 Å². The van der Waals surface area contributed by atoms with E-state index in [4.69, 9.17) is 25.8 Å². The van der Waals surface area contributed by atoms with E-state index in [1.807, 2.05) is 37.3 Å². The third-order valence-corrected chi connectivity index (χ3v) is 7.88. The summed E-state index contributed by atoms with van der Waals surface area (Å²) in [4.78, 5) is 31.0. The number of rotatable bonds is 8. The molecule has 1 atom stereocenters. The summed E-state index contributed by atoms with van der Waals surface area (Å²) in [5, 5.41) is 0.659. The fourth-order valence-electron chi connectivity index (χ4n) is 4.48. The Balaban J connectivity index is 1.33. The zero-order valence-corrected chi connectivity index (χ0v) is 22.2. The molecule has 0 N–H and O–H groups in total. The van der Waals surface area contributed by atoms with Crippen LogP contribution < -0.4 is 15.0 Å². The molecule has 37 heavy (non-hydrogen) atoms.